The molecule has 1 atom stereocenters. The van der Waals surface area contributed by atoms with Gasteiger partial charge in [-0.05, 0) is 11.6 Å². The van der Waals surface area contributed by atoms with Crippen LogP contribution in [0.3, 0.4) is 0 Å². The molecule has 60 valence electrons. The predicted molar refractivity (Wildman–Crippen MR) is 46.2 cm³/mol. The van der Waals surface area contributed by atoms with Crippen LogP contribution in [0.2, 0.25) is 0 Å². The Morgan fingerprint density at radius 1 is 1.36 bits per heavy atom. The molecule has 0 fully saturated rings. The van der Waals surface area contributed by atoms with Crippen molar-refractivity contribution in [1.29, 1.82) is 0 Å². The Hall–Kier alpha value is -0.380. The van der Waals surface area contributed by atoms with Crippen LogP contribution in [0.5, 0.6) is 0 Å². The Morgan fingerprint density at radius 2 is 2.00 bits per heavy atom. The Labute approximate surface area is 73.6 Å². The van der Waals surface area contributed by atoms with Crippen molar-refractivity contribution in [1.82, 2.24) is 0 Å². The Kier molecular flexibility index (Phi) is 3.05. The molecule has 1 rings (SSSR count). The normalized spacial score (nSPS) is 13.0. The van der Waals surface area contributed by atoms with Crippen molar-refractivity contribution in [3.05, 3.63) is 34.3 Å². The second-order valence-corrected chi connectivity index (χ2v) is 3.07. The van der Waals surface area contributed by atoms with E-state index in [0.29, 0.717) is 0 Å². The molecule has 2 N–H and O–H groups in total. The first-order valence-corrected chi connectivity index (χ1v) is 4.08. The molecule has 2 nitrogen and oxygen atoms in total. The molecule has 0 spiro atoms. The molecule has 1 aromatic rings. The van der Waals surface area contributed by atoms with Gasteiger partial charge < -0.3 is 10.2 Å². The average Bonchev–Trinajstić information content (AvgIpc) is 2.04. The highest BCUT2D eigenvalue weighted by molar-refractivity contribution is 9.10. The summed E-state index contributed by atoms with van der Waals surface area (Å²) in [6, 6.07) is 7.27. The average molecular weight is 217 g/mol. The van der Waals surface area contributed by atoms with E-state index in [4.69, 9.17) is 5.11 Å². The minimum absolute atomic E-state index is 0.247. The molecule has 0 heterocycles. The molecule has 0 radical (unpaired) electrons. The van der Waals surface area contributed by atoms with Gasteiger partial charge in [0.1, 0.15) is 6.10 Å². The molecule has 3 heteroatoms. The van der Waals surface area contributed by atoms with Crippen LogP contribution in [0.15, 0.2) is 28.7 Å². The van der Waals surface area contributed by atoms with E-state index in [0.717, 1.165) is 10.0 Å². The van der Waals surface area contributed by atoms with E-state index in [1.54, 1.807) is 6.07 Å². The summed E-state index contributed by atoms with van der Waals surface area (Å²) in [5.74, 6) is 0. The van der Waals surface area contributed by atoms with Crippen molar-refractivity contribution in [3.63, 3.8) is 0 Å². The third-order valence-electron chi connectivity index (χ3n) is 1.44. The van der Waals surface area contributed by atoms with Crippen LogP contribution < -0.4 is 0 Å². The fourth-order valence-electron chi connectivity index (χ4n) is 0.844. The third kappa shape index (κ3) is 2.02. The van der Waals surface area contributed by atoms with Gasteiger partial charge in [0.05, 0.1) is 6.61 Å². The van der Waals surface area contributed by atoms with E-state index >= 15 is 0 Å². The van der Waals surface area contributed by atoms with Gasteiger partial charge >= 0.3 is 0 Å². The van der Waals surface area contributed by atoms with Gasteiger partial charge in [0.15, 0.2) is 0 Å². The molecule has 1 aromatic carbocycles. The quantitative estimate of drug-likeness (QED) is 0.787. The maximum Gasteiger partial charge on any atom is 0.103 e. The minimum Gasteiger partial charge on any atom is -0.393 e. The highest BCUT2D eigenvalue weighted by atomic mass is 79.9. The van der Waals surface area contributed by atoms with Crippen molar-refractivity contribution >= 4 is 15.9 Å². The summed E-state index contributed by atoms with van der Waals surface area (Å²) >= 11 is 3.27. The van der Waals surface area contributed by atoms with Crippen molar-refractivity contribution in [2.75, 3.05) is 6.61 Å². The summed E-state index contributed by atoms with van der Waals surface area (Å²) in [7, 11) is 0. The number of aliphatic hydroxyl groups excluding tert-OH is 2. The monoisotopic (exact) mass is 216 g/mol. The largest absolute Gasteiger partial charge is 0.393 e. The number of rotatable bonds is 2. The number of aliphatic hydroxyl groups is 2. The molecule has 11 heavy (non-hydrogen) atoms. The molecule has 0 amide bonds. The number of hydrogen-bond acceptors (Lipinski definition) is 2. The van der Waals surface area contributed by atoms with Gasteiger partial charge in [-0.25, -0.2) is 0 Å². The van der Waals surface area contributed by atoms with Crippen LogP contribution in [0.4, 0.5) is 0 Å². The van der Waals surface area contributed by atoms with E-state index in [1.165, 1.54) is 0 Å². The Balaban J connectivity index is 2.93. The second-order valence-electron chi connectivity index (χ2n) is 2.22. The van der Waals surface area contributed by atoms with Gasteiger partial charge in [-0.15, -0.1) is 0 Å². The van der Waals surface area contributed by atoms with Gasteiger partial charge in [-0.3, -0.25) is 0 Å². The van der Waals surface area contributed by atoms with Crippen LogP contribution in [0.1, 0.15) is 11.7 Å². The molecule has 1 unspecified atom stereocenters. The molecule has 0 aromatic heterocycles. The lowest BCUT2D eigenvalue weighted by molar-refractivity contribution is 0.0951. The Morgan fingerprint density at radius 3 is 2.55 bits per heavy atom. The standard InChI is InChI=1S/C8H9BrO2/c9-7-4-2-1-3-6(7)8(11)5-10/h1-4,8,10-11H,5H2. The summed E-state index contributed by atoms with van der Waals surface area (Å²) < 4.78 is 0.821. The molecule has 0 aliphatic rings. The number of benzene rings is 1. The zero-order valence-corrected chi connectivity index (χ0v) is 7.45. The van der Waals surface area contributed by atoms with E-state index in [1.807, 2.05) is 18.2 Å². The van der Waals surface area contributed by atoms with Gasteiger partial charge in [-0.1, -0.05) is 34.1 Å². The topological polar surface area (TPSA) is 40.5 Å². The first-order chi connectivity index (χ1) is 5.25. The van der Waals surface area contributed by atoms with E-state index < -0.39 is 6.10 Å². The molecule has 0 aliphatic heterocycles. The van der Waals surface area contributed by atoms with Crippen molar-refractivity contribution in [2.24, 2.45) is 0 Å². The van der Waals surface area contributed by atoms with Crippen molar-refractivity contribution in [2.45, 2.75) is 6.10 Å². The fraction of sp³-hybridized carbons (Fsp3) is 0.250. The lowest BCUT2D eigenvalue weighted by atomic mass is 10.1. The molecule has 0 aliphatic carbocycles. The van der Waals surface area contributed by atoms with E-state index in [9.17, 15) is 5.11 Å². The van der Waals surface area contributed by atoms with Crippen molar-refractivity contribution < 1.29 is 10.2 Å². The molecular formula is C8H9BrO2. The molecular weight excluding hydrogens is 208 g/mol. The summed E-state index contributed by atoms with van der Waals surface area (Å²) in [6.07, 6.45) is -0.787. The van der Waals surface area contributed by atoms with Crippen LogP contribution in [-0.4, -0.2) is 16.8 Å². The smallest absolute Gasteiger partial charge is 0.103 e. The van der Waals surface area contributed by atoms with E-state index in [-0.39, 0.29) is 6.61 Å². The molecule has 0 saturated carbocycles. The second kappa shape index (κ2) is 3.85. The maximum absolute atomic E-state index is 9.23. The summed E-state index contributed by atoms with van der Waals surface area (Å²) in [5, 5.41) is 17.9. The van der Waals surface area contributed by atoms with Gasteiger partial charge in [0.2, 0.25) is 0 Å². The zero-order valence-electron chi connectivity index (χ0n) is 5.87. The van der Waals surface area contributed by atoms with Crippen LogP contribution in [0.25, 0.3) is 0 Å². The first kappa shape index (κ1) is 8.71. The summed E-state index contributed by atoms with van der Waals surface area (Å²) in [5.41, 5.74) is 0.718. The highest BCUT2D eigenvalue weighted by Gasteiger charge is 2.07. The SMILES string of the molecule is OCC(O)c1ccccc1Br. The lowest BCUT2D eigenvalue weighted by Crippen LogP contribution is -2.02. The molecule has 0 saturated heterocycles. The third-order valence-corrected chi connectivity index (χ3v) is 2.16. The van der Waals surface area contributed by atoms with Crippen molar-refractivity contribution in [3.8, 4) is 0 Å². The number of hydrogen-bond donors (Lipinski definition) is 2. The summed E-state index contributed by atoms with van der Waals surface area (Å²) in [4.78, 5) is 0. The van der Waals surface area contributed by atoms with Crippen LogP contribution in [-0.2, 0) is 0 Å². The predicted octanol–water partition coefficient (Wildman–Crippen LogP) is 1.47. The number of halogens is 1. The minimum atomic E-state index is -0.787. The first-order valence-electron chi connectivity index (χ1n) is 3.29. The van der Waals surface area contributed by atoms with Crippen LogP contribution >= 0.6 is 15.9 Å². The maximum atomic E-state index is 9.23. The lowest BCUT2D eigenvalue weighted by Gasteiger charge is -2.08. The van der Waals surface area contributed by atoms with Crippen LogP contribution in [0, 0.1) is 0 Å². The fourth-order valence-corrected chi connectivity index (χ4v) is 1.39. The van der Waals surface area contributed by atoms with E-state index in [2.05, 4.69) is 15.9 Å². The highest BCUT2D eigenvalue weighted by Crippen LogP contribution is 2.22. The zero-order chi connectivity index (χ0) is 8.27. The summed E-state index contributed by atoms with van der Waals surface area (Å²) in [6.45, 7) is -0.247. The van der Waals surface area contributed by atoms with Gasteiger partial charge in [-0.2, -0.15) is 0 Å². The van der Waals surface area contributed by atoms with Gasteiger partial charge in [0.25, 0.3) is 0 Å². The van der Waals surface area contributed by atoms with Gasteiger partial charge in [0, 0.05) is 4.47 Å². The Bertz CT molecular complexity index is 237. The molecule has 0 bridgehead atoms.